The number of carboxylic acid groups (broad SMARTS) is 2. The lowest BCUT2D eigenvalue weighted by atomic mass is 10.0. The summed E-state index contributed by atoms with van der Waals surface area (Å²) in [6, 6.07) is -14.1. The molecule has 0 bridgehead atoms. The van der Waals surface area contributed by atoms with Crippen molar-refractivity contribution in [3.63, 3.8) is 0 Å². The zero-order valence-corrected chi connectivity index (χ0v) is 46.8. The molecule has 32 heteroatoms. The first-order chi connectivity index (χ1) is 36.5. The minimum absolute atomic E-state index is 0.0174. The third kappa shape index (κ3) is 29.5. The summed E-state index contributed by atoms with van der Waals surface area (Å²) in [5.74, 6) is -13.3. The number of thioether (sulfide) groups is 1. The number of carbonyl (C=O) groups is 13. The summed E-state index contributed by atoms with van der Waals surface area (Å²) in [4.78, 5) is 172. The standard InChI is InChI=1S/C46H81N15O15S2/c1-22(2)19-31(42(72)54-25(5)37(67)55-27(11-8-9-16-47)39(69)58-30(45(75)76)15-18-78-7)60-44(74)33(21-77)61-40(70)28(12-10-17-51-46(49)50)56-41(71)29(13-14-34(48)63)57-43(73)32(20-35(64)65)59-38(68)24(4)53-36(66)23(3)52-26(6)62/h22-25,27-33,77H,8-21,47H2,1-7H3,(H2,48,63)(H,52,62)(H,53,66)(H,54,72)(H,55,67)(H,56,71)(H,57,73)(H,58,69)(H,59,68)(H,60,74)(H,61,70)(H,64,65)(H,75,76)(H4,49,50,51)/t23?,24?,25-,27-,28-,29-,30-,31-,32-,33-/m0/s1. The molecule has 0 aromatic rings. The number of aliphatic carboxylic acids is 2. The number of primary amides is 1. The van der Waals surface area contributed by atoms with Gasteiger partial charge in [-0.25, -0.2) is 4.79 Å². The fraction of sp³-hybridized carbons (Fsp3) is 0.696. The van der Waals surface area contributed by atoms with E-state index in [2.05, 4.69) is 70.8 Å². The molecule has 78 heavy (non-hydrogen) atoms. The molecule has 30 nitrogen and oxygen atoms in total. The maximum Gasteiger partial charge on any atom is 0.326 e. The van der Waals surface area contributed by atoms with Crippen molar-refractivity contribution in [2.75, 3.05) is 30.9 Å². The first-order valence-corrected chi connectivity index (χ1v) is 27.1. The number of guanidine groups is 1. The molecule has 442 valence electrons. The molecule has 0 heterocycles. The van der Waals surface area contributed by atoms with Gasteiger partial charge in [0, 0.05) is 25.6 Å². The Morgan fingerprint density at radius 2 is 0.923 bits per heavy atom. The van der Waals surface area contributed by atoms with Crippen LogP contribution in [0.3, 0.4) is 0 Å². The molecule has 2 unspecified atom stereocenters. The number of nitrogens with zero attached hydrogens (tertiary/aromatic N) is 1. The molecule has 0 aromatic carbocycles. The van der Waals surface area contributed by atoms with Crippen LogP contribution in [0, 0.1) is 5.92 Å². The number of unbranched alkanes of at least 4 members (excludes halogenated alkanes) is 1. The fourth-order valence-corrected chi connectivity index (χ4v) is 7.70. The van der Waals surface area contributed by atoms with E-state index in [0.29, 0.717) is 25.1 Å². The van der Waals surface area contributed by atoms with Crippen LogP contribution in [0.5, 0.6) is 0 Å². The quantitative estimate of drug-likeness (QED) is 0.0118. The van der Waals surface area contributed by atoms with Gasteiger partial charge in [-0.15, -0.1) is 0 Å². The number of nitrogens with two attached hydrogens (primary N) is 4. The molecule has 11 amide bonds. The second-order valence-electron chi connectivity index (χ2n) is 18.6. The van der Waals surface area contributed by atoms with Crippen molar-refractivity contribution in [2.45, 2.75) is 166 Å². The fourth-order valence-electron chi connectivity index (χ4n) is 6.97. The van der Waals surface area contributed by atoms with Gasteiger partial charge < -0.3 is 86.3 Å². The second-order valence-corrected chi connectivity index (χ2v) is 19.9. The van der Waals surface area contributed by atoms with Gasteiger partial charge in [0.2, 0.25) is 65.0 Å². The van der Waals surface area contributed by atoms with Crippen LogP contribution in [0.1, 0.15) is 106 Å². The average Bonchev–Trinajstić information content (AvgIpc) is 3.34. The number of amides is 11. The Balaban J connectivity index is 6.55. The first kappa shape index (κ1) is 71.0. The van der Waals surface area contributed by atoms with Gasteiger partial charge in [-0.2, -0.15) is 24.4 Å². The summed E-state index contributed by atoms with van der Waals surface area (Å²) in [7, 11) is 0. The van der Waals surface area contributed by atoms with Crippen molar-refractivity contribution in [1.29, 1.82) is 0 Å². The van der Waals surface area contributed by atoms with Crippen LogP contribution in [0.25, 0.3) is 0 Å². The van der Waals surface area contributed by atoms with Crippen molar-refractivity contribution in [2.24, 2.45) is 33.8 Å². The SMILES string of the molecule is CSCC[C@H](NC(=O)[C@H](CCCCN)NC(=O)[C@H](C)NC(=O)[C@H](CC(C)C)NC(=O)[C@H](CS)NC(=O)[C@H](CCCN=C(N)N)NC(=O)[C@H](CCC(N)=O)NC(=O)[C@H](CC(=O)O)NC(=O)C(C)NC(=O)C(C)NC(C)=O)C(=O)O. The normalized spacial score (nSPS) is 14.7. The lowest BCUT2D eigenvalue weighted by Gasteiger charge is -2.27. The molecule has 0 aromatic heterocycles. The van der Waals surface area contributed by atoms with Gasteiger partial charge in [-0.1, -0.05) is 13.8 Å². The molecule has 0 aliphatic rings. The highest BCUT2D eigenvalue weighted by Crippen LogP contribution is 2.10. The van der Waals surface area contributed by atoms with Crippen molar-refractivity contribution in [1.82, 2.24) is 53.2 Å². The first-order valence-electron chi connectivity index (χ1n) is 25.1. The van der Waals surface area contributed by atoms with E-state index in [-0.39, 0.29) is 56.3 Å². The Morgan fingerprint density at radius 1 is 0.513 bits per heavy atom. The predicted octanol–water partition coefficient (Wildman–Crippen LogP) is -5.35. The zero-order valence-electron chi connectivity index (χ0n) is 45.1. The number of carbonyl (C=O) groups excluding carboxylic acids is 11. The monoisotopic (exact) mass is 1150 g/mol. The minimum atomic E-state index is -1.88. The van der Waals surface area contributed by atoms with Crippen molar-refractivity contribution in [3.05, 3.63) is 0 Å². The lowest BCUT2D eigenvalue weighted by molar-refractivity contribution is -0.142. The zero-order chi connectivity index (χ0) is 59.8. The summed E-state index contributed by atoms with van der Waals surface area (Å²) >= 11 is 5.61. The van der Waals surface area contributed by atoms with E-state index in [0.717, 1.165) is 6.92 Å². The van der Waals surface area contributed by atoms with Gasteiger partial charge in [-0.05, 0) is 96.6 Å². The van der Waals surface area contributed by atoms with E-state index in [4.69, 9.17) is 22.9 Å². The van der Waals surface area contributed by atoms with Gasteiger partial charge in [-0.3, -0.25) is 62.5 Å². The Morgan fingerprint density at radius 3 is 1.38 bits per heavy atom. The Kier molecular flexibility index (Phi) is 34.4. The smallest absolute Gasteiger partial charge is 0.326 e. The number of hydrogen-bond acceptors (Lipinski definition) is 17. The molecule has 10 atom stereocenters. The lowest BCUT2D eigenvalue weighted by Crippen LogP contribution is -2.60. The van der Waals surface area contributed by atoms with Crippen LogP contribution in [0.4, 0.5) is 0 Å². The van der Waals surface area contributed by atoms with Crippen LogP contribution >= 0.6 is 24.4 Å². The van der Waals surface area contributed by atoms with Crippen LogP contribution in [0.2, 0.25) is 0 Å². The van der Waals surface area contributed by atoms with E-state index in [1.807, 2.05) is 0 Å². The number of aliphatic imine (C=N–C) groups is 1. The topological polar surface area (TPSA) is 499 Å². The maximum atomic E-state index is 14.0. The van der Waals surface area contributed by atoms with Gasteiger partial charge >= 0.3 is 11.9 Å². The number of rotatable bonds is 39. The summed E-state index contributed by atoms with van der Waals surface area (Å²) in [5, 5.41) is 43.3. The average molecular weight is 1150 g/mol. The molecule has 0 radical (unpaired) electrons. The van der Waals surface area contributed by atoms with E-state index in [1.54, 1.807) is 20.1 Å². The van der Waals surface area contributed by atoms with Gasteiger partial charge in [0.1, 0.15) is 60.4 Å². The molecule has 0 spiro atoms. The Labute approximate surface area is 462 Å². The third-order valence-corrected chi connectivity index (χ3v) is 12.2. The van der Waals surface area contributed by atoms with Crippen molar-refractivity contribution < 1.29 is 72.5 Å². The molecule has 0 saturated heterocycles. The minimum Gasteiger partial charge on any atom is -0.481 e. The largest absolute Gasteiger partial charge is 0.481 e. The summed E-state index contributed by atoms with van der Waals surface area (Å²) in [5.41, 5.74) is 21.9. The number of thiol groups is 1. The molecule has 0 aliphatic carbocycles. The number of nitrogens with one attached hydrogen (secondary N) is 10. The Bertz CT molecular complexity index is 2120. The maximum absolute atomic E-state index is 14.0. The molecule has 0 fully saturated rings. The summed E-state index contributed by atoms with van der Waals surface area (Å²) < 4.78 is 0. The molecule has 0 saturated carbocycles. The highest BCUT2D eigenvalue weighted by molar-refractivity contribution is 7.98. The van der Waals surface area contributed by atoms with Crippen LogP contribution < -0.4 is 76.1 Å². The number of hydrogen-bond donors (Lipinski definition) is 17. The van der Waals surface area contributed by atoms with Gasteiger partial charge in [0.25, 0.3) is 0 Å². The molecular weight excluding hydrogens is 1070 g/mol. The van der Waals surface area contributed by atoms with E-state index in [1.165, 1.54) is 32.5 Å². The third-order valence-electron chi connectivity index (χ3n) is 11.2. The highest BCUT2D eigenvalue weighted by Gasteiger charge is 2.35. The second kappa shape index (κ2) is 37.8. The van der Waals surface area contributed by atoms with Crippen LogP contribution in [-0.2, 0) is 62.3 Å². The van der Waals surface area contributed by atoms with Crippen LogP contribution in [0.15, 0.2) is 4.99 Å². The predicted molar refractivity (Wildman–Crippen MR) is 289 cm³/mol. The molecule has 0 rings (SSSR count). The summed E-state index contributed by atoms with van der Waals surface area (Å²) in [6.45, 7) is 8.75. The highest BCUT2D eigenvalue weighted by atomic mass is 32.2. The summed E-state index contributed by atoms with van der Waals surface area (Å²) in [6.07, 6.45) is 0.656. The molecule has 0 aliphatic heterocycles. The molecule has 20 N–H and O–H groups in total. The van der Waals surface area contributed by atoms with Crippen molar-refractivity contribution >= 4 is 107 Å². The van der Waals surface area contributed by atoms with Gasteiger partial charge in [0.15, 0.2) is 5.96 Å². The van der Waals surface area contributed by atoms with Gasteiger partial charge in [0.05, 0.1) is 6.42 Å². The van der Waals surface area contributed by atoms with E-state index < -0.39 is 157 Å². The number of carboxylic acids is 2. The van der Waals surface area contributed by atoms with E-state index in [9.17, 15) is 72.5 Å². The Hall–Kier alpha value is -6.96. The van der Waals surface area contributed by atoms with Crippen LogP contribution in [-0.4, -0.2) is 184 Å². The van der Waals surface area contributed by atoms with Crippen molar-refractivity contribution in [3.8, 4) is 0 Å². The molecular formula is C46H81N15O15S2. The van der Waals surface area contributed by atoms with E-state index >= 15 is 0 Å².